The molecule has 1 aliphatic heterocycles. The summed E-state index contributed by atoms with van der Waals surface area (Å²) >= 11 is 5.91. The molecule has 0 aliphatic carbocycles. The highest BCUT2D eigenvalue weighted by Gasteiger charge is 2.39. The SMILES string of the molecule is CCCC(N)C(=O)NC1CC(=O)N(C)C1c1ccc(Cl)cc1. The third-order valence-electron chi connectivity index (χ3n) is 4.06. The number of benzene rings is 1. The van der Waals surface area contributed by atoms with Crippen molar-refractivity contribution in [2.24, 2.45) is 5.73 Å². The summed E-state index contributed by atoms with van der Waals surface area (Å²) in [5, 5.41) is 3.57. The highest BCUT2D eigenvalue weighted by atomic mass is 35.5. The van der Waals surface area contributed by atoms with Crippen LogP contribution >= 0.6 is 11.6 Å². The number of nitrogens with one attached hydrogen (secondary N) is 1. The van der Waals surface area contributed by atoms with Gasteiger partial charge in [0.1, 0.15) is 0 Å². The van der Waals surface area contributed by atoms with E-state index in [0.717, 1.165) is 12.0 Å². The molecular formula is C16H22ClN3O2. The van der Waals surface area contributed by atoms with Gasteiger partial charge in [0.2, 0.25) is 11.8 Å². The van der Waals surface area contributed by atoms with Crippen molar-refractivity contribution in [3.8, 4) is 0 Å². The molecule has 1 fully saturated rings. The lowest BCUT2D eigenvalue weighted by atomic mass is 9.99. The first-order chi connectivity index (χ1) is 10.4. The molecule has 3 N–H and O–H groups in total. The van der Waals surface area contributed by atoms with E-state index in [-0.39, 0.29) is 30.3 Å². The van der Waals surface area contributed by atoms with Gasteiger partial charge in [0, 0.05) is 18.5 Å². The molecule has 120 valence electrons. The number of carbonyl (C=O) groups is 2. The second kappa shape index (κ2) is 7.11. The van der Waals surface area contributed by atoms with Crippen LogP contribution in [0.4, 0.5) is 0 Å². The maximum atomic E-state index is 12.1. The number of halogens is 1. The van der Waals surface area contributed by atoms with Crippen LogP contribution in [0.15, 0.2) is 24.3 Å². The highest BCUT2D eigenvalue weighted by molar-refractivity contribution is 6.30. The number of hydrogen-bond donors (Lipinski definition) is 2. The molecular weight excluding hydrogens is 302 g/mol. The van der Waals surface area contributed by atoms with Gasteiger partial charge in [0.05, 0.1) is 18.1 Å². The molecule has 3 atom stereocenters. The Labute approximate surface area is 135 Å². The maximum Gasteiger partial charge on any atom is 0.237 e. The normalized spacial score (nSPS) is 22.7. The maximum absolute atomic E-state index is 12.1. The number of likely N-dealkylation sites (N-methyl/N-ethyl adjacent to an activating group) is 1. The number of hydrogen-bond acceptors (Lipinski definition) is 3. The van der Waals surface area contributed by atoms with Crippen molar-refractivity contribution < 1.29 is 9.59 Å². The summed E-state index contributed by atoms with van der Waals surface area (Å²) in [5.41, 5.74) is 6.80. The van der Waals surface area contributed by atoms with E-state index in [0.29, 0.717) is 11.4 Å². The van der Waals surface area contributed by atoms with Crippen LogP contribution in [0.2, 0.25) is 5.02 Å². The molecule has 5 nitrogen and oxygen atoms in total. The fraction of sp³-hybridized carbons (Fsp3) is 0.500. The summed E-state index contributed by atoms with van der Waals surface area (Å²) < 4.78 is 0. The van der Waals surface area contributed by atoms with Crippen LogP contribution in [0.5, 0.6) is 0 Å². The third-order valence-corrected chi connectivity index (χ3v) is 4.31. The van der Waals surface area contributed by atoms with Crippen molar-refractivity contribution in [2.75, 3.05) is 7.05 Å². The number of rotatable bonds is 5. The topological polar surface area (TPSA) is 75.4 Å². The van der Waals surface area contributed by atoms with Crippen LogP contribution in [0.25, 0.3) is 0 Å². The van der Waals surface area contributed by atoms with Crippen LogP contribution in [0.1, 0.15) is 37.8 Å². The largest absolute Gasteiger partial charge is 0.349 e. The van der Waals surface area contributed by atoms with Gasteiger partial charge >= 0.3 is 0 Å². The Morgan fingerprint density at radius 1 is 1.45 bits per heavy atom. The molecule has 6 heteroatoms. The van der Waals surface area contributed by atoms with Crippen LogP contribution in [-0.2, 0) is 9.59 Å². The Morgan fingerprint density at radius 3 is 2.68 bits per heavy atom. The van der Waals surface area contributed by atoms with Crippen molar-refractivity contribution in [3.05, 3.63) is 34.9 Å². The van der Waals surface area contributed by atoms with E-state index in [1.807, 2.05) is 19.1 Å². The first kappa shape index (κ1) is 16.8. The molecule has 3 unspecified atom stereocenters. The predicted molar refractivity (Wildman–Crippen MR) is 86.4 cm³/mol. The summed E-state index contributed by atoms with van der Waals surface area (Å²) in [6.07, 6.45) is 1.76. The minimum atomic E-state index is -0.531. The second-order valence-electron chi connectivity index (χ2n) is 5.72. The summed E-state index contributed by atoms with van der Waals surface area (Å²) in [6.45, 7) is 1.98. The summed E-state index contributed by atoms with van der Waals surface area (Å²) in [7, 11) is 1.75. The van der Waals surface area contributed by atoms with Crippen LogP contribution < -0.4 is 11.1 Å². The van der Waals surface area contributed by atoms with Crippen molar-refractivity contribution in [1.82, 2.24) is 10.2 Å². The second-order valence-corrected chi connectivity index (χ2v) is 6.15. The van der Waals surface area contributed by atoms with Crippen molar-refractivity contribution in [1.29, 1.82) is 0 Å². The molecule has 1 aromatic carbocycles. The summed E-state index contributed by atoms with van der Waals surface area (Å²) in [5.74, 6) is -0.191. The molecule has 1 heterocycles. The van der Waals surface area contributed by atoms with Crippen LogP contribution in [-0.4, -0.2) is 35.8 Å². The Kier molecular flexibility index (Phi) is 5.42. The zero-order valence-electron chi connectivity index (χ0n) is 12.9. The molecule has 1 aromatic rings. The zero-order chi connectivity index (χ0) is 16.3. The van der Waals surface area contributed by atoms with E-state index >= 15 is 0 Å². The fourth-order valence-electron chi connectivity index (χ4n) is 2.85. The standard InChI is InChI=1S/C16H22ClN3O2/c1-3-4-12(18)16(22)19-13-9-14(21)20(2)15(13)10-5-7-11(17)8-6-10/h5-8,12-13,15H,3-4,9,18H2,1-2H3,(H,19,22). The average molecular weight is 324 g/mol. The van der Waals surface area contributed by atoms with E-state index in [9.17, 15) is 9.59 Å². The molecule has 0 spiro atoms. The van der Waals surface area contributed by atoms with Gasteiger partial charge in [-0.05, 0) is 24.1 Å². The van der Waals surface area contributed by atoms with E-state index in [4.69, 9.17) is 17.3 Å². The highest BCUT2D eigenvalue weighted by Crippen LogP contribution is 2.32. The van der Waals surface area contributed by atoms with Gasteiger partial charge in [0.25, 0.3) is 0 Å². The summed E-state index contributed by atoms with van der Waals surface area (Å²) in [4.78, 5) is 25.8. The van der Waals surface area contributed by atoms with E-state index in [1.165, 1.54) is 0 Å². The Bertz CT molecular complexity index is 547. The number of carbonyl (C=O) groups excluding carboxylic acids is 2. The average Bonchev–Trinajstić information content (AvgIpc) is 2.75. The van der Waals surface area contributed by atoms with E-state index < -0.39 is 6.04 Å². The summed E-state index contributed by atoms with van der Waals surface area (Å²) in [6, 6.07) is 6.35. The third kappa shape index (κ3) is 3.59. The van der Waals surface area contributed by atoms with Crippen molar-refractivity contribution in [2.45, 2.75) is 44.3 Å². The van der Waals surface area contributed by atoms with E-state index in [1.54, 1.807) is 24.1 Å². The van der Waals surface area contributed by atoms with Crippen LogP contribution in [0.3, 0.4) is 0 Å². The van der Waals surface area contributed by atoms with Crippen molar-refractivity contribution in [3.63, 3.8) is 0 Å². The molecule has 0 bridgehead atoms. The van der Waals surface area contributed by atoms with Gasteiger partial charge < -0.3 is 16.0 Å². The molecule has 22 heavy (non-hydrogen) atoms. The first-order valence-electron chi connectivity index (χ1n) is 7.51. The molecule has 1 saturated heterocycles. The van der Waals surface area contributed by atoms with Crippen LogP contribution in [0, 0.1) is 0 Å². The Morgan fingerprint density at radius 2 is 2.09 bits per heavy atom. The lowest BCUT2D eigenvalue weighted by Crippen LogP contribution is -2.47. The Hall–Kier alpha value is -1.59. The zero-order valence-corrected chi connectivity index (χ0v) is 13.6. The van der Waals surface area contributed by atoms with Gasteiger partial charge in [-0.1, -0.05) is 37.1 Å². The molecule has 0 aromatic heterocycles. The molecule has 0 saturated carbocycles. The molecule has 0 radical (unpaired) electrons. The molecule has 1 aliphatic rings. The first-order valence-corrected chi connectivity index (χ1v) is 7.89. The van der Waals surface area contributed by atoms with E-state index in [2.05, 4.69) is 5.32 Å². The smallest absolute Gasteiger partial charge is 0.237 e. The van der Waals surface area contributed by atoms with Gasteiger partial charge in [0.15, 0.2) is 0 Å². The number of nitrogens with zero attached hydrogens (tertiary/aromatic N) is 1. The van der Waals surface area contributed by atoms with Gasteiger partial charge in [-0.15, -0.1) is 0 Å². The number of amides is 2. The quantitative estimate of drug-likeness (QED) is 0.868. The Balaban J connectivity index is 2.16. The monoisotopic (exact) mass is 323 g/mol. The number of likely N-dealkylation sites (tertiary alicyclic amines) is 1. The molecule has 2 rings (SSSR count). The van der Waals surface area contributed by atoms with Gasteiger partial charge in [-0.2, -0.15) is 0 Å². The lowest BCUT2D eigenvalue weighted by molar-refractivity contribution is -0.127. The predicted octanol–water partition coefficient (Wildman–Crippen LogP) is 1.86. The minimum absolute atomic E-state index is 0.00862. The minimum Gasteiger partial charge on any atom is -0.349 e. The van der Waals surface area contributed by atoms with Crippen molar-refractivity contribution >= 4 is 23.4 Å². The fourth-order valence-corrected chi connectivity index (χ4v) is 2.97. The van der Waals surface area contributed by atoms with Gasteiger partial charge in [-0.25, -0.2) is 0 Å². The molecule has 2 amide bonds. The number of nitrogens with two attached hydrogens (primary N) is 1. The van der Waals surface area contributed by atoms with Gasteiger partial charge in [-0.3, -0.25) is 9.59 Å². The lowest BCUT2D eigenvalue weighted by Gasteiger charge is -2.27.